The highest BCUT2D eigenvalue weighted by Gasteiger charge is 2.58. The Balaban J connectivity index is 1.94. The lowest BCUT2D eigenvalue weighted by Crippen LogP contribution is -2.68. The van der Waals surface area contributed by atoms with Crippen molar-refractivity contribution in [1.29, 1.82) is 0 Å². The lowest BCUT2D eigenvalue weighted by atomic mass is 9.88. The molecule has 6 atom stereocenters. The van der Waals surface area contributed by atoms with E-state index in [4.69, 9.17) is 23.7 Å². The summed E-state index contributed by atoms with van der Waals surface area (Å²) in [6.45, 7) is 7.68. The van der Waals surface area contributed by atoms with Crippen LogP contribution in [0.1, 0.15) is 29.3 Å². The van der Waals surface area contributed by atoms with Gasteiger partial charge < -0.3 is 39.2 Å². The van der Waals surface area contributed by atoms with Crippen molar-refractivity contribution in [3.05, 3.63) is 71.8 Å². The van der Waals surface area contributed by atoms with Crippen LogP contribution in [0.3, 0.4) is 0 Å². The zero-order valence-electron chi connectivity index (χ0n) is 25.4. The SMILES string of the molecule is COC(=O)[C@@]1(OCC[Si](C)(C)C)C[C@H](OC(=O)c2ccccc2)[C@@H](NC(C)=O)[C@H]([C@H](O)[C@H](O)COCc2ccccc2)O1. The quantitative estimate of drug-likeness (QED) is 0.213. The van der Waals surface area contributed by atoms with Gasteiger partial charge in [0.15, 0.2) is 0 Å². The van der Waals surface area contributed by atoms with E-state index in [2.05, 4.69) is 25.0 Å². The van der Waals surface area contributed by atoms with E-state index in [0.29, 0.717) is 6.04 Å². The Labute approximate surface area is 253 Å². The second kappa shape index (κ2) is 15.5. The molecule has 0 unspecified atom stereocenters. The summed E-state index contributed by atoms with van der Waals surface area (Å²) in [5.74, 6) is -4.23. The Hall–Kier alpha value is -3.13. The van der Waals surface area contributed by atoms with Crippen LogP contribution in [0.2, 0.25) is 25.7 Å². The van der Waals surface area contributed by atoms with E-state index in [9.17, 15) is 24.6 Å². The molecule has 0 spiro atoms. The minimum atomic E-state index is -2.10. The maximum atomic E-state index is 13.3. The highest BCUT2D eigenvalue weighted by atomic mass is 28.3. The number of esters is 2. The number of ether oxygens (including phenoxy) is 5. The van der Waals surface area contributed by atoms with Gasteiger partial charge in [-0.25, -0.2) is 9.59 Å². The fourth-order valence-corrected chi connectivity index (χ4v) is 5.40. The van der Waals surface area contributed by atoms with Gasteiger partial charge in [0, 0.05) is 21.6 Å². The summed E-state index contributed by atoms with van der Waals surface area (Å²) in [5.41, 5.74) is 1.10. The van der Waals surface area contributed by atoms with E-state index in [1.165, 1.54) is 6.92 Å². The van der Waals surface area contributed by atoms with Crippen LogP contribution in [-0.2, 0) is 39.9 Å². The molecule has 1 amide bonds. The first kappa shape index (κ1) is 34.4. The summed E-state index contributed by atoms with van der Waals surface area (Å²) >= 11 is 0. The number of rotatable bonds is 14. The Kier molecular flexibility index (Phi) is 12.4. The molecule has 1 heterocycles. The molecule has 1 aliphatic heterocycles. The molecule has 43 heavy (non-hydrogen) atoms. The Bertz CT molecular complexity index is 1190. The van der Waals surface area contributed by atoms with Crippen molar-refractivity contribution in [2.45, 2.75) is 81.9 Å². The Morgan fingerprint density at radius 1 is 1.05 bits per heavy atom. The second-order valence-corrected chi connectivity index (χ2v) is 17.4. The van der Waals surface area contributed by atoms with Gasteiger partial charge in [0.1, 0.15) is 24.4 Å². The van der Waals surface area contributed by atoms with Gasteiger partial charge in [-0.15, -0.1) is 0 Å². The average Bonchev–Trinajstić information content (AvgIpc) is 2.97. The number of benzene rings is 2. The monoisotopic (exact) mass is 617 g/mol. The van der Waals surface area contributed by atoms with Crippen LogP contribution in [0, 0.1) is 0 Å². The molecule has 1 fully saturated rings. The van der Waals surface area contributed by atoms with E-state index in [-0.39, 0.29) is 31.8 Å². The fourth-order valence-electron chi connectivity index (χ4n) is 4.68. The Morgan fingerprint density at radius 2 is 1.67 bits per heavy atom. The summed E-state index contributed by atoms with van der Waals surface area (Å²) in [6.07, 6.45) is -6.22. The highest BCUT2D eigenvalue weighted by molar-refractivity contribution is 6.76. The van der Waals surface area contributed by atoms with Crippen LogP contribution in [0.15, 0.2) is 60.7 Å². The predicted octanol–water partition coefficient (Wildman–Crippen LogP) is 2.67. The largest absolute Gasteiger partial charge is 0.465 e. The third-order valence-corrected chi connectivity index (χ3v) is 8.71. The standard InChI is InChI=1S/C31H43NO10Si/c1-21(33)32-26-25(41-29(36)23-14-10-7-11-15-23)18-31(30(37)38-2,40-16-17-43(3,4)5)42-28(26)27(35)24(34)20-39-19-22-12-8-6-9-13-22/h6-15,24-28,34-35H,16-20H2,1-5H3,(H,32,33)/t24-,25+,26-,27-,28-,31-/m1/s1. The molecular weight excluding hydrogens is 574 g/mol. The molecule has 0 aromatic heterocycles. The van der Waals surface area contributed by atoms with Gasteiger partial charge in [0.2, 0.25) is 5.91 Å². The van der Waals surface area contributed by atoms with Crippen molar-refractivity contribution in [2.24, 2.45) is 0 Å². The molecule has 0 bridgehead atoms. The molecule has 11 nitrogen and oxygen atoms in total. The average molecular weight is 618 g/mol. The van der Waals surface area contributed by atoms with Crippen molar-refractivity contribution in [1.82, 2.24) is 5.32 Å². The first-order valence-corrected chi connectivity index (χ1v) is 18.0. The van der Waals surface area contributed by atoms with Crippen LogP contribution in [-0.4, -0.2) is 92.7 Å². The summed E-state index contributed by atoms with van der Waals surface area (Å²) in [7, 11) is -0.458. The summed E-state index contributed by atoms with van der Waals surface area (Å²) in [5, 5.41) is 25.0. The number of carbonyl (C=O) groups excluding carboxylic acids is 3. The maximum Gasteiger partial charge on any atom is 0.366 e. The van der Waals surface area contributed by atoms with E-state index >= 15 is 0 Å². The van der Waals surface area contributed by atoms with Crippen molar-refractivity contribution in [3.63, 3.8) is 0 Å². The lowest BCUT2D eigenvalue weighted by Gasteiger charge is -2.48. The number of hydrogen-bond donors (Lipinski definition) is 3. The van der Waals surface area contributed by atoms with Gasteiger partial charge >= 0.3 is 11.9 Å². The molecular formula is C31H43NO10Si. The molecule has 3 rings (SSSR count). The first-order chi connectivity index (χ1) is 20.3. The molecule has 2 aromatic rings. The fraction of sp³-hybridized carbons (Fsp3) is 0.516. The number of amides is 1. The number of hydrogen-bond acceptors (Lipinski definition) is 10. The summed E-state index contributed by atoms with van der Waals surface area (Å²) in [6, 6.07) is 17.0. The molecule has 1 saturated heterocycles. The molecule has 0 radical (unpaired) electrons. The lowest BCUT2D eigenvalue weighted by molar-refractivity contribution is -0.311. The zero-order valence-corrected chi connectivity index (χ0v) is 26.4. The number of nitrogens with one attached hydrogen (secondary N) is 1. The van der Waals surface area contributed by atoms with Crippen LogP contribution < -0.4 is 5.32 Å². The Morgan fingerprint density at radius 3 is 2.26 bits per heavy atom. The number of aliphatic hydroxyl groups excluding tert-OH is 2. The molecule has 2 aromatic carbocycles. The van der Waals surface area contributed by atoms with Crippen molar-refractivity contribution in [3.8, 4) is 0 Å². The molecule has 3 N–H and O–H groups in total. The van der Waals surface area contributed by atoms with Gasteiger partial charge in [-0.1, -0.05) is 68.2 Å². The molecule has 236 valence electrons. The number of aliphatic hydroxyl groups is 2. The van der Waals surface area contributed by atoms with Crippen molar-refractivity contribution >= 4 is 25.9 Å². The molecule has 0 aliphatic carbocycles. The minimum absolute atomic E-state index is 0.126. The van der Waals surface area contributed by atoms with E-state index in [0.717, 1.165) is 12.7 Å². The smallest absolute Gasteiger partial charge is 0.366 e. The third-order valence-electron chi connectivity index (χ3n) is 7.00. The maximum absolute atomic E-state index is 13.3. The van der Waals surface area contributed by atoms with Gasteiger partial charge in [-0.05, 0) is 23.7 Å². The van der Waals surface area contributed by atoms with Crippen LogP contribution in [0.25, 0.3) is 0 Å². The van der Waals surface area contributed by atoms with Crippen LogP contribution >= 0.6 is 0 Å². The molecule has 0 saturated carbocycles. The second-order valence-electron chi connectivity index (χ2n) is 11.8. The van der Waals surface area contributed by atoms with Gasteiger partial charge in [0.05, 0.1) is 38.3 Å². The van der Waals surface area contributed by atoms with E-state index in [1.807, 2.05) is 30.3 Å². The van der Waals surface area contributed by atoms with E-state index < -0.39 is 62.2 Å². The summed E-state index contributed by atoms with van der Waals surface area (Å²) in [4.78, 5) is 38.8. The van der Waals surface area contributed by atoms with E-state index in [1.54, 1.807) is 30.3 Å². The first-order valence-electron chi connectivity index (χ1n) is 14.3. The summed E-state index contributed by atoms with van der Waals surface area (Å²) < 4.78 is 28.8. The van der Waals surface area contributed by atoms with Gasteiger partial charge in [0.25, 0.3) is 5.79 Å². The zero-order chi connectivity index (χ0) is 31.6. The van der Waals surface area contributed by atoms with Crippen LogP contribution in [0.4, 0.5) is 0 Å². The third kappa shape index (κ3) is 9.95. The molecule has 12 heteroatoms. The number of methoxy groups -OCH3 is 1. The number of carbonyl (C=O) groups is 3. The van der Waals surface area contributed by atoms with Gasteiger partial charge in [-0.2, -0.15) is 0 Å². The predicted molar refractivity (Wildman–Crippen MR) is 160 cm³/mol. The van der Waals surface area contributed by atoms with Gasteiger partial charge in [-0.3, -0.25) is 4.79 Å². The van der Waals surface area contributed by atoms with Crippen molar-refractivity contribution in [2.75, 3.05) is 20.3 Å². The normalized spacial score (nSPS) is 23.6. The topological polar surface area (TPSA) is 150 Å². The van der Waals surface area contributed by atoms with Crippen molar-refractivity contribution < 1.29 is 48.3 Å². The highest BCUT2D eigenvalue weighted by Crippen LogP contribution is 2.36. The molecule has 1 aliphatic rings. The minimum Gasteiger partial charge on any atom is -0.465 e. The van der Waals surface area contributed by atoms with Crippen LogP contribution in [0.5, 0.6) is 0 Å².